The number of nitrogens with zero attached hydrogens (tertiary/aromatic N) is 1. The standard InChI is InChI=1S/C20H23FN2O2S/c21-16-8-4-3-7-15(16)17-10-11-18(26-17)20(25)22-12-6-14-23-13-5-1-2-9-19(23)24/h3-4,7-8,10-11H,1-2,5-6,9,12-14H2,(H,22,25). The number of nitrogens with one attached hydrogen (secondary N) is 1. The number of amides is 2. The van der Waals surface area contributed by atoms with Gasteiger partial charge in [-0.2, -0.15) is 0 Å². The molecule has 26 heavy (non-hydrogen) atoms. The molecule has 0 radical (unpaired) electrons. The van der Waals surface area contributed by atoms with Crippen molar-refractivity contribution in [3.63, 3.8) is 0 Å². The minimum atomic E-state index is -0.288. The zero-order valence-corrected chi connectivity index (χ0v) is 15.5. The number of carbonyl (C=O) groups is 2. The molecule has 6 heteroatoms. The van der Waals surface area contributed by atoms with Gasteiger partial charge in [0, 0.05) is 36.5 Å². The van der Waals surface area contributed by atoms with Gasteiger partial charge in [-0.1, -0.05) is 24.6 Å². The largest absolute Gasteiger partial charge is 0.351 e. The fourth-order valence-corrected chi connectivity index (χ4v) is 4.05. The molecule has 0 saturated carbocycles. The highest BCUT2D eigenvalue weighted by Gasteiger charge is 2.16. The molecule has 0 unspecified atom stereocenters. The van der Waals surface area contributed by atoms with Gasteiger partial charge >= 0.3 is 0 Å². The normalized spacial score (nSPS) is 15.0. The highest BCUT2D eigenvalue weighted by atomic mass is 32.1. The van der Waals surface area contributed by atoms with E-state index in [2.05, 4.69) is 5.32 Å². The molecule has 1 aliphatic rings. The van der Waals surface area contributed by atoms with Crippen LogP contribution in [0, 0.1) is 5.82 Å². The molecule has 1 N–H and O–H groups in total. The Hall–Kier alpha value is -2.21. The number of rotatable bonds is 6. The van der Waals surface area contributed by atoms with E-state index >= 15 is 0 Å². The van der Waals surface area contributed by atoms with Gasteiger partial charge in [-0.15, -0.1) is 11.3 Å². The van der Waals surface area contributed by atoms with Crippen molar-refractivity contribution in [2.45, 2.75) is 32.1 Å². The van der Waals surface area contributed by atoms with Gasteiger partial charge in [0.2, 0.25) is 5.91 Å². The van der Waals surface area contributed by atoms with Gasteiger partial charge in [0.05, 0.1) is 4.88 Å². The van der Waals surface area contributed by atoms with Crippen LogP contribution in [0.1, 0.15) is 41.8 Å². The Kier molecular flexibility index (Phi) is 6.39. The van der Waals surface area contributed by atoms with Crippen LogP contribution in [0.4, 0.5) is 4.39 Å². The molecule has 0 spiro atoms. The highest BCUT2D eigenvalue weighted by Crippen LogP contribution is 2.29. The van der Waals surface area contributed by atoms with Gasteiger partial charge in [-0.3, -0.25) is 9.59 Å². The van der Waals surface area contributed by atoms with Crippen LogP contribution in [0.5, 0.6) is 0 Å². The lowest BCUT2D eigenvalue weighted by Crippen LogP contribution is -2.33. The van der Waals surface area contributed by atoms with Gasteiger partial charge in [0.1, 0.15) is 5.82 Å². The molecule has 0 bridgehead atoms. The molecule has 2 amide bonds. The number of hydrogen-bond acceptors (Lipinski definition) is 3. The van der Waals surface area contributed by atoms with E-state index in [1.54, 1.807) is 30.3 Å². The lowest BCUT2D eigenvalue weighted by Gasteiger charge is -2.20. The first-order valence-corrected chi connectivity index (χ1v) is 9.87. The van der Waals surface area contributed by atoms with E-state index in [-0.39, 0.29) is 17.6 Å². The lowest BCUT2D eigenvalue weighted by atomic mass is 10.2. The molecule has 1 fully saturated rings. The molecule has 138 valence electrons. The van der Waals surface area contributed by atoms with Crippen LogP contribution in [0.15, 0.2) is 36.4 Å². The summed E-state index contributed by atoms with van der Waals surface area (Å²) in [6, 6.07) is 10.0. The first-order valence-electron chi connectivity index (χ1n) is 9.06. The zero-order chi connectivity index (χ0) is 18.4. The first-order chi connectivity index (χ1) is 12.6. The first kappa shape index (κ1) is 18.6. The topological polar surface area (TPSA) is 49.4 Å². The highest BCUT2D eigenvalue weighted by molar-refractivity contribution is 7.17. The number of thiophene rings is 1. The van der Waals surface area contributed by atoms with Crippen molar-refractivity contribution in [3.05, 3.63) is 47.1 Å². The molecule has 1 aromatic carbocycles. The van der Waals surface area contributed by atoms with Crippen molar-refractivity contribution in [1.82, 2.24) is 10.2 Å². The van der Waals surface area contributed by atoms with Crippen LogP contribution in [-0.4, -0.2) is 36.3 Å². The Balaban J connectivity index is 1.48. The minimum absolute atomic E-state index is 0.153. The zero-order valence-electron chi connectivity index (χ0n) is 14.7. The van der Waals surface area contributed by atoms with E-state index in [1.165, 1.54) is 17.4 Å². The van der Waals surface area contributed by atoms with E-state index in [4.69, 9.17) is 0 Å². The maximum atomic E-state index is 13.8. The fourth-order valence-electron chi connectivity index (χ4n) is 3.10. The molecular weight excluding hydrogens is 351 g/mol. The summed E-state index contributed by atoms with van der Waals surface area (Å²) in [5, 5.41) is 2.89. The summed E-state index contributed by atoms with van der Waals surface area (Å²) in [4.78, 5) is 27.4. The molecule has 3 rings (SSSR count). The second kappa shape index (κ2) is 8.94. The van der Waals surface area contributed by atoms with Crippen molar-refractivity contribution < 1.29 is 14.0 Å². The number of halogens is 1. The van der Waals surface area contributed by atoms with Gasteiger partial charge in [0.15, 0.2) is 0 Å². The molecular formula is C20H23FN2O2S. The van der Waals surface area contributed by atoms with Crippen LogP contribution in [0.2, 0.25) is 0 Å². The van der Waals surface area contributed by atoms with Gasteiger partial charge in [0.25, 0.3) is 5.91 Å². The Labute approximate surface area is 157 Å². The third-order valence-corrected chi connectivity index (χ3v) is 5.65. The quantitative estimate of drug-likeness (QED) is 0.775. The molecule has 1 aliphatic heterocycles. The summed E-state index contributed by atoms with van der Waals surface area (Å²) in [6.07, 6.45) is 4.53. The summed E-state index contributed by atoms with van der Waals surface area (Å²) < 4.78 is 13.8. The van der Waals surface area contributed by atoms with Crippen molar-refractivity contribution in [2.24, 2.45) is 0 Å². The molecule has 2 aromatic rings. The summed E-state index contributed by atoms with van der Waals surface area (Å²) in [6.45, 7) is 2.03. The molecule has 0 atom stereocenters. The minimum Gasteiger partial charge on any atom is -0.351 e. The van der Waals surface area contributed by atoms with Crippen LogP contribution in [-0.2, 0) is 4.79 Å². The van der Waals surface area contributed by atoms with Crippen LogP contribution < -0.4 is 5.32 Å². The third-order valence-electron chi connectivity index (χ3n) is 4.53. The lowest BCUT2D eigenvalue weighted by molar-refractivity contribution is -0.130. The van der Waals surface area contributed by atoms with E-state index < -0.39 is 0 Å². The Morgan fingerprint density at radius 3 is 2.85 bits per heavy atom. The Morgan fingerprint density at radius 1 is 1.15 bits per heavy atom. The van der Waals surface area contributed by atoms with Crippen LogP contribution >= 0.6 is 11.3 Å². The fraction of sp³-hybridized carbons (Fsp3) is 0.400. The maximum Gasteiger partial charge on any atom is 0.261 e. The Bertz CT molecular complexity index is 775. The molecule has 0 aliphatic carbocycles. The third kappa shape index (κ3) is 4.69. The summed E-state index contributed by atoms with van der Waals surface area (Å²) in [5.74, 6) is -0.218. The number of benzene rings is 1. The van der Waals surface area contributed by atoms with Crippen molar-refractivity contribution in [3.8, 4) is 10.4 Å². The van der Waals surface area contributed by atoms with Crippen molar-refractivity contribution in [2.75, 3.05) is 19.6 Å². The second-order valence-electron chi connectivity index (χ2n) is 6.44. The van der Waals surface area contributed by atoms with E-state index in [0.29, 0.717) is 30.0 Å². The predicted molar refractivity (Wildman–Crippen MR) is 102 cm³/mol. The van der Waals surface area contributed by atoms with E-state index in [1.807, 2.05) is 4.90 Å². The maximum absolute atomic E-state index is 13.8. The Morgan fingerprint density at radius 2 is 2.00 bits per heavy atom. The monoisotopic (exact) mass is 374 g/mol. The predicted octanol–water partition coefficient (Wildman–Crippen LogP) is 4.08. The van der Waals surface area contributed by atoms with Crippen LogP contribution in [0.3, 0.4) is 0 Å². The smallest absolute Gasteiger partial charge is 0.261 e. The average Bonchev–Trinajstić information content (AvgIpc) is 3.04. The number of hydrogen-bond donors (Lipinski definition) is 1. The van der Waals surface area contributed by atoms with Crippen LogP contribution in [0.25, 0.3) is 10.4 Å². The summed E-state index contributed by atoms with van der Waals surface area (Å²) >= 11 is 1.28. The van der Waals surface area contributed by atoms with E-state index in [9.17, 15) is 14.0 Å². The molecule has 1 saturated heterocycles. The summed E-state index contributed by atoms with van der Waals surface area (Å²) in [7, 11) is 0. The van der Waals surface area contributed by atoms with Gasteiger partial charge in [-0.25, -0.2) is 4.39 Å². The van der Waals surface area contributed by atoms with E-state index in [0.717, 1.165) is 37.1 Å². The van der Waals surface area contributed by atoms with Crippen molar-refractivity contribution >= 4 is 23.2 Å². The number of carbonyl (C=O) groups excluding carboxylic acids is 2. The molecule has 2 heterocycles. The SMILES string of the molecule is O=C(NCCCN1CCCCCC1=O)c1ccc(-c2ccccc2F)s1. The molecule has 1 aromatic heterocycles. The second-order valence-corrected chi connectivity index (χ2v) is 7.53. The van der Waals surface area contributed by atoms with Crippen molar-refractivity contribution in [1.29, 1.82) is 0 Å². The van der Waals surface area contributed by atoms with Gasteiger partial charge < -0.3 is 10.2 Å². The van der Waals surface area contributed by atoms with Gasteiger partial charge in [-0.05, 0) is 37.5 Å². The number of likely N-dealkylation sites (tertiary alicyclic amines) is 1. The average molecular weight is 374 g/mol. The summed E-state index contributed by atoms with van der Waals surface area (Å²) in [5.41, 5.74) is 0.510. The molecule has 4 nitrogen and oxygen atoms in total.